The molecule has 1 N–H and O–H groups in total. The molecule has 27 heavy (non-hydrogen) atoms. The highest BCUT2D eigenvalue weighted by Crippen LogP contribution is 2.37. The molecule has 1 aromatic heterocycles. The summed E-state index contributed by atoms with van der Waals surface area (Å²) in [5, 5.41) is 10.1. The van der Waals surface area contributed by atoms with Crippen LogP contribution in [0.25, 0.3) is 0 Å². The van der Waals surface area contributed by atoms with Crippen molar-refractivity contribution in [3.05, 3.63) is 89.2 Å². The molecule has 0 spiro atoms. The lowest BCUT2D eigenvalue weighted by Crippen LogP contribution is -2.47. The zero-order valence-electron chi connectivity index (χ0n) is 15.6. The number of nitrogens with zero attached hydrogens (tertiary/aromatic N) is 2. The van der Waals surface area contributed by atoms with E-state index in [1.165, 1.54) is 0 Å². The average Bonchev–Trinajstić information content (AvgIpc) is 2.66. The number of carbonyl (C=O) groups is 1. The van der Waals surface area contributed by atoms with Crippen LogP contribution in [0.3, 0.4) is 0 Å². The van der Waals surface area contributed by atoms with Gasteiger partial charge in [-0.05, 0) is 38.0 Å². The maximum Gasteiger partial charge on any atom is 0.346 e. The molecule has 0 fully saturated rings. The van der Waals surface area contributed by atoms with Gasteiger partial charge in [-0.25, -0.2) is 14.8 Å². The third-order valence-electron chi connectivity index (χ3n) is 4.68. The number of aryl methyl sites for hydroxylation is 2. The standard InChI is InChI=1S/C22H22N2O3/c1-15-14-16(2)24-21(23-15)27-19(20(25)26)22(3,17-10-6-4-7-11-17)18-12-8-5-9-13-18/h4-14,19H,1-3H3,(H,25,26)/t19-/m1/s1. The molecule has 5 heteroatoms. The van der Waals surface area contributed by atoms with Crippen LogP contribution in [0.4, 0.5) is 0 Å². The Labute approximate surface area is 158 Å². The van der Waals surface area contributed by atoms with Gasteiger partial charge in [-0.3, -0.25) is 0 Å². The largest absolute Gasteiger partial charge is 0.478 e. The lowest BCUT2D eigenvalue weighted by Gasteiger charge is -2.35. The predicted octanol–water partition coefficient (Wildman–Crippen LogP) is 3.93. The SMILES string of the molecule is Cc1cc(C)nc(O[C@H](C(=O)O)C(C)(c2ccccc2)c2ccccc2)n1. The van der Waals surface area contributed by atoms with Crippen molar-refractivity contribution in [2.24, 2.45) is 0 Å². The van der Waals surface area contributed by atoms with E-state index < -0.39 is 17.5 Å². The minimum atomic E-state index is -1.21. The van der Waals surface area contributed by atoms with Gasteiger partial charge in [0.25, 0.3) is 0 Å². The summed E-state index contributed by atoms with van der Waals surface area (Å²) in [7, 11) is 0. The van der Waals surface area contributed by atoms with E-state index in [4.69, 9.17) is 4.74 Å². The Morgan fingerprint density at radius 3 is 1.78 bits per heavy atom. The molecular weight excluding hydrogens is 340 g/mol. The first-order valence-electron chi connectivity index (χ1n) is 8.74. The van der Waals surface area contributed by atoms with Crippen molar-refractivity contribution in [1.82, 2.24) is 9.97 Å². The zero-order chi connectivity index (χ0) is 19.4. The van der Waals surface area contributed by atoms with Gasteiger partial charge in [-0.2, -0.15) is 0 Å². The number of hydrogen-bond acceptors (Lipinski definition) is 4. The van der Waals surface area contributed by atoms with E-state index in [0.717, 1.165) is 22.5 Å². The summed E-state index contributed by atoms with van der Waals surface area (Å²) in [6.45, 7) is 5.52. The summed E-state index contributed by atoms with van der Waals surface area (Å²) in [6, 6.07) is 20.9. The molecule has 3 aromatic rings. The van der Waals surface area contributed by atoms with Crippen LogP contribution in [0.1, 0.15) is 29.4 Å². The van der Waals surface area contributed by atoms with Crippen molar-refractivity contribution >= 4 is 5.97 Å². The van der Waals surface area contributed by atoms with Crippen LogP contribution in [0.5, 0.6) is 6.01 Å². The zero-order valence-corrected chi connectivity index (χ0v) is 15.6. The molecule has 138 valence electrons. The van der Waals surface area contributed by atoms with Gasteiger partial charge >= 0.3 is 12.0 Å². The van der Waals surface area contributed by atoms with Crippen molar-refractivity contribution in [1.29, 1.82) is 0 Å². The first-order chi connectivity index (χ1) is 12.9. The Morgan fingerprint density at radius 1 is 0.926 bits per heavy atom. The van der Waals surface area contributed by atoms with Crippen LogP contribution in [-0.4, -0.2) is 27.1 Å². The minimum absolute atomic E-state index is 0.0676. The van der Waals surface area contributed by atoms with Gasteiger partial charge in [0.15, 0.2) is 0 Å². The van der Waals surface area contributed by atoms with Gasteiger partial charge < -0.3 is 9.84 Å². The third kappa shape index (κ3) is 3.82. The van der Waals surface area contributed by atoms with Crippen LogP contribution in [-0.2, 0) is 10.2 Å². The molecule has 0 aliphatic heterocycles. The maximum atomic E-state index is 12.3. The molecule has 0 unspecified atom stereocenters. The average molecular weight is 362 g/mol. The van der Waals surface area contributed by atoms with Crippen LogP contribution in [0.15, 0.2) is 66.7 Å². The number of ether oxygens (including phenoxy) is 1. The fourth-order valence-corrected chi connectivity index (χ4v) is 3.31. The quantitative estimate of drug-likeness (QED) is 0.719. The first-order valence-corrected chi connectivity index (χ1v) is 8.74. The molecule has 5 nitrogen and oxygen atoms in total. The molecule has 3 rings (SSSR count). The molecule has 2 aromatic carbocycles. The van der Waals surface area contributed by atoms with E-state index in [1.54, 1.807) is 0 Å². The summed E-state index contributed by atoms with van der Waals surface area (Å²) in [5.41, 5.74) is 2.20. The first kappa shape index (κ1) is 18.6. The molecule has 1 atom stereocenters. The number of rotatable bonds is 6. The molecule has 0 aliphatic carbocycles. The number of benzene rings is 2. The summed E-state index contributed by atoms with van der Waals surface area (Å²) >= 11 is 0. The smallest absolute Gasteiger partial charge is 0.346 e. The van der Waals surface area contributed by atoms with E-state index in [0.29, 0.717) is 0 Å². The monoisotopic (exact) mass is 362 g/mol. The van der Waals surface area contributed by atoms with Crippen molar-refractivity contribution in [3.63, 3.8) is 0 Å². The third-order valence-corrected chi connectivity index (χ3v) is 4.68. The number of aliphatic carboxylic acids is 1. The van der Waals surface area contributed by atoms with E-state index >= 15 is 0 Å². The molecule has 0 aliphatic rings. The molecule has 0 bridgehead atoms. The van der Waals surface area contributed by atoms with Crippen LogP contribution in [0, 0.1) is 13.8 Å². The summed E-state index contributed by atoms with van der Waals surface area (Å²) < 4.78 is 5.89. The molecule has 0 radical (unpaired) electrons. The Bertz CT molecular complexity index is 867. The summed E-state index contributed by atoms with van der Waals surface area (Å²) in [4.78, 5) is 20.8. The Balaban J connectivity index is 2.14. The van der Waals surface area contributed by atoms with E-state index in [9.17, 15) is 9.90 Å². The maximum absolute atomic E-state index is 12.3. The van der Waals surface area contributed by atoms with Gasteiger partial charge in [0.05, 0.1) is 5.41 Å². The number of carboxylic acids is 1. The Kier molecular flexibility index (Phi) is 5.21. The number of hydrogen-bond donors (Lipinski definition) is 1. The molecule has 0 saturated carbocycles. The minimum Gasteiger partial charge on any atom is -0.478 e. The molecular formula is C22H22N2O3. The van der Waals surface area contributed by atoms with Gasteiger partial charge in [0.2, 0.25) is 6.10 Å². The molecule has 1 heterocycles. The lowest BCUT2D eigenvalue weighted by molar-refractivity contribution is -0.148. The van der Waals surface area contributed by atoms with Crippen LogP contribution < -0.4 is 4.74 Å². The highest BCUT2D eigenvalue weighted by atomic mass is 16.5. The van der Waals surface area contributed by atoms with Crippen LogP contribution >= 0.6 is 0 Å². The highest BCUT2D eigenvalue weighted by Gasteiger charge is 2.44. The highest BCUT2D eigenvalue weighted by molar-refractivity contribution is 5.76. The van der Waals surface area contributed by atoms with Gasteiger partial charge in [0, 0.05) is 11.4 Å². The number of carboxylic acid groups (broad SMARTS) is 1. The second kappa shape index (κ2) is 7.58. The van der Waals surface area contributed by atoms with Crippen molar-refractivity contribution in [2.75, 3.05) is 0 Å². The second-order valence-corrected chi connectivity index (χ2v) is 6.70. The Morgan fingerprint density at radius 2 is 1.37 bits per heavy atom. The van der Waals surface area contributed by atoms with Crippen molar-refractivity contribution < 1.29 is 14.6 Å². The van der Waals surface area contributed by atoms with Crippen LogP contribution in [0.2, 0.25) is 0 Å². The predicted molar refractivity (Wildman–Crippen MR) is 103 cm³/mol. The summed E-state index contributed by atoms with van der Waals surface area (Å²) in [5.74, 6) is -1.08. The fraction of sp³-hybridized carbons (Fsp3) is 0.227. The summed E-state index contributed by atoms with van der Waals surface area (Å²) in [6.07, 6.45) is -1.21. The van der Waals surface area contributed by atoms with Crippen molar-refractivity contribution in [3.8, 4) is 6.01 Å². The van der Waals surface area contributed by atoms with Gasteiger partial charge in [-0.15, -0.1) is 0 Å². The normalized spacial score (nSPS) is 12.4. The van der Waals surface area contributed by atoms with E-state index in [1.807, 2.05) is 87.5 Å². The fourth-order valence-electron chi connectivity index (χ4n) is 3.31. The van der Waals surface area contributed by atoms with Gasteiger partial charge in [-0.1, -0.05) is 60.7 Å². The topological polar surface area (TPSA) is 72.3 Å². The van der Waals surface area contributed by atoms with E-state index in [-0.39, 0.29) is 6.01 Å². The molecule has 0 amide bonds. The van der Waals surface area contributed by atoms with Crippen molar-refractivity contribution in [2.45, 2.75) is 32.3 Å². The Hall–Kier alpha value is -3.21. The van der Waals surface area contributed by atoms with E-state index in [2.05, 4.69) is 9.97 Å². The second-order valence-electron chi connectivity index (χ2n) is 6.70. The van der Waals surface area contributed by atoms with Gasteiger partial charge in [0.1, 0.15) is 0 Å². The lowest BCUT2D eigenvalue weighted by atomic mass is 9.72. The number of aromatic nitrogens is 2. The molecule has 0 saturated heterocycles.